The normalized spacial score (nSPS) is 32.2. The fourth-order valence-corrected chi connectivity index (χ4v) is 3.70. The summed E-state index contributed by atoms with van der Waals surface area (Å²) >= 11 is 0. The molecule has 0 amide bonds. The predicted octanol–water partition coefficient (Wildman–Crippen LogP) is 3.06. The molecular formula is C16H21N3. The van der Waals surface area contributed by atoms with Gasteiger partial charge >= 0.3 is 0 Å². The molecule has 100 valence electrons. The Morgan fingerprint density at radius 3 is 2.84 bits per heavy atom. The summed E-state index contributed by atoms with van der Waals surface area (Å²) in [6.45, 7) is 2.33. The Kier molecular flexibility index (Phi) is 2.71. The minimum absolute atomic E-state index is 0.628. The lowest BCUT2D eigenvalue weighted by molar-refractivity contribution is 0.218. The standard InChI is InChI=1S/C16H21N3/c1-2-9-19(8-1)16-7-6-13(11-17-16)18-15-10-12-4-3-5-14(12)15/h3,5-7,11-12,14-15,18H,1-2,4,8-10H2. The minimum Gasteiger partial charge on any atom is -0.380 e. The minimum atomic E-state index is 0.628. The third-order valence-corrected chi connectivity index (χ3v) is 4.89. The third kappa shape index (κ3) is 2.01. The summed E-state index contributed by atoms with van der Waals surface area (Å²) in [5.41, 5.74) is 1.17. The molecule has 3 heteroatoms. The molecule has 2 fully saturated rings. The number of hydrogen-bond donors (Lipinski definition) is 1. The van der Waals surface area contributed by atoms with Crippen LogP contribution >= 0.6 is 0 Å². The molecule has 1 N–H and O–H groups in total. The molecule has 1 aliphatic heterocycles. The van der Waals surface area contributed by atoms with Gasteiger partial charge in [-0.15, -0.1) is 0 Å². The lowest BCUT2D eigenvalue weighted by Gasteiger charge is -2.41. The Morgan fingerprint density at radius 1 is 1.21 bits per heavy atom. The van der Waals surface area contributed by atoms with E-state index in [1.165, 1.54) is 31.4 Å². The van der Waals surface area contributed by atoms with Crippen LogP contribution in [-0.4, -0.2) is 24.1 Å². The quantitative estimate of drug-likeness (QED) is 0.841. The van der Waals surface area contributed by atoms with E-state index < -0.39 is 0 Å². The molecule has 0 spiro atoms. The van der Waals surface area contributed by atoms with E-state index in [4.69, 9.17) is 0 Å². The maximum Gasteiger partial charge on any atom is 0.128 e. The average molecular weight is 255 g/mol. The van der Waals surface area contributed by atoms with Crippen molar-refractivity contribution < 1.29 is 0 Å². The van der Waals surface area contributed by atoms with Crippen molar-refractivity contribution in [3.05, 3.63) is 30.5 Å². The van der Waals surface area contributed by atoms with Crippen LogP contribution in [0.2, 0.25) is 0 Å². The Bertz CT molecular complexity index is 473. The molecule has 2 heterocycles. The molecule has 0 radical (unpaired) electrons. The molecule has 2 aliphatic carbocycles. The summed E-state index contributed by atoms with van der Waals surface area (Å²) in [5, 5.41) is 3.64. The van der Waals surface area contributed by atoms with Crippen LogP contribution < -0.4 is 10.2 Å². The first-order chi connectivity index (χ1) is 9.40. The van der Waals surface area contributed by atoms with Gasteiger partial charge < -0.3 is 10.2 Å². The van der Waals surface area contributed by atoms with E-state index >= 15 is 0 Å². The molecule has 3 nitrogen and oxygen atoms in total. The molecule has 1 aromatic heterocycles. The van der Waals surface area contributed by atoms with Crippen LogP contribution in [-0.2, 0) is 0 Å². The molecular weight excluding hydrogens is 234 g/mol. The smallest absolute Gasteiger partial charge is 0.128 e. The van der Waals surface area contributed by atoms with Crippen LogP contribution in [0.25, 0.3) is 0 Å². The van der Waals surface area contributed by atoms with Crippen molar-refractivity contribution >= 4 is 11.5 Å². The summed E-state index contributed by atoms with van der Waals surface area (Å²) < 4.78 is 0. The fraction of sp³-hybridized carbons (Fsp3) is 0.562. The maximum atomic E-state index is 4.60. The monoisotopic (exact) mass is 255 g/mol. The van der Waals surface area contributed by atoms with Crippen molar-refractivity contribution in [3.63, 3.8) is 0 Å². The molecule has 3 unspecified atom stereocenters. The van der Waals surface area contributed by atoms with Gasteiger partial charge in [0.05, 0.1) is 11.9 Å². The summed E-state index contributed by atoms with van der Waals surface area (Å²) in [5.74, 6) is 2.81. The Morgan fingerprint density at radius 2 is 2.11 bits per heavy atom. The number of rotatable bonds is 3. The largest absolute Gasteiger partial charge is 0.380 e. The van der Waals surface area contributed by atoms with Crippen LogP contribution in [0.4, 0.5) is 11.5 Å². The van der Waals surface area contributed by atoms with E-state index in [1.54, 1.807) is 0 Å². The van der Waals surface area contributed by atoms with E-state index in [0.29, 0.717) is 6.04 Å². The third-order valence-electron chi connectivity index (χ3n) is 4.89. The lowest BCUT2D eigenvalue weighted by atomic mass is 9.71. The van der Waals surface area contributed by atoms with Gasteiger partial charge in [0, 0.05) is 25.0 Å². The second-order valence-corrected chi connectivity index (χ2v) is 6.09. The first kappa shape index (κ1) is 11.3. The molecule has 3 aliphatic rings. The van der Waals surface area contributed by atoms with Crippen LogP contribution in [0.1, 0.15) is 25.7 Å². The van der Waals surface area contributed by atoms with E-state index in [2.05, 4.69) is 39.5 Å². The molecule has 1 saturated carbocycles. The summed E-state index contributed by atoms with van der Waals surface area (Å²) in [4.78, 5) is 6.98. The molecule has 4 rings (SSSR count). The zero-order valence-electron chi connectivity index (χ0n) is 11.3. The van der Waals surface area contributed by atoms with Gasteiger partial charge in [-0.3, -0.25) is 0 Å². The molecule has 0 bridgehead atoms. The first-order valence-corrected chi connectivity index (χ1v) is 7.54. The van der Waals surface area contributed by atoms with Crippen molar-refractivity contribution in [3.8, 4) is 0 Å². The number of nitrogens with one attached hydrogen (secondary N) is 1. The van der Waals surface area contributed by atoms with Crippen LogP contribution in [0, 0.1) is 11.8 Å². The van der Waals surface area contributed by atoms with Crippen LogP contribution in [0.15, 0.2) is 30.5 Å². The highest BCUT2D eigenvalue weighted by atomic mass is 15.2. The highest BCUT2D eigenvalue weighted by Crippen LogP contribution is 2.44. The van der Waals surface area contributed by atoms with Gasteiger partial charge in [-0.25, -0.2) is 4.98 Å². The first-order valence-electron chi connectivity index (χ1n) is 7.54. The van der Waals surface area contributed by atoms with Gasteiger partial charge in [-0.05, 0) is 43.7 Å². The maximum absolute atomic E-state index is 4.60. The number of anilines is 2. The number of allylic oxidation sites excluding steroid dienone is 1. The Hall–Kier alpha value is -1.51. The fourth-order valence-electron chi connectivity index (χ4n) is 3.70. The number of fused-ring (bicyclic) bond motifs is 1. The SMILES string of the molecule is C1=CC2C(C1)CC2Nc1ccc(N2CCCC2)nc1. The zero-order valence-corrected chi connectivity index (χ0v) is 11.3. The van der Waals surface area contributed by atoms with E-state index in [9.17, 15) is 0 Å². The second kappa shape index (κ2) is 4.55. The average Bonchev–Trinajstić information content (AvgIpc) is 3.06. The van der Waals surface area contributed by atoms with Gasteiger partial charge in [-0.2, -0.15) is 0 Å². The van der Waals surface area contributed by atoms with Crippen molar-refractivity contribution in [1.29, 1.82) is 0 Å². The molecule has 1 aromatic rings. The number of hydrogen-bond acceptors (Lipinski definition) is 3. The molecule has 1 saturated heterocycles. The second-order valence-electron chi connectivity index (χ2n) is 6.09. The van der Waals surface area contributed by atoms with E-state index in [0.717, 1.165) is 30.7 Å². The van der Waals surface area contributed by atoms with Crippen molar-refractivity contribution in [2.45, 2.75) is 31.7 Å². The zero-order chi connectivity index (χ0) is 12.7. The van der Waals surface area contributed by atoms with Crippen LogP contribution in [0.3, 0.4) is 0 Å². The highest BCUT2D eigenvalue weighted by molar-refractivity contribution is 5.50. The van der Waals surface area contributed by atoms with Crippen LogP contribution in [0.5, 0.6) is 0 Å². The van der Waals surface area contributed by atoms with Gasteiger partial charge in [-0.1, -0.05) is 12.2 Å². The Balaban J connectivity index is 1.40. The van der Waals surface area contributed by atoms with Gasteiger partial charge in [0.1, 0.15) is 5.82 Å². The summed E-state index contributed by atoms with van der Waals surface area (Å²) in [6, 6.07) is 4.98. The van der Waals surface area contributed by atoms with Crippen molar-refractivity contribution in [2.75, 3.05) is 23.3 Å². The topological polar surface area (TPSA) is 28.2 Å². The summed E-state index contributed by atoms with van der Waals surface area (Å²) in [7, 11) is 0. The van der Waals surface area contributed by atoms with Gasteiger partial charge in [0.25, 0.3) is 0 Å². The number of pyridine rings is 1. The Labute approximate surface area is 114 Å². The van der Waals surface area contributed by atoms with Gasteiger partial charge in [0.15, 0.2) is 0 Å². The lowest BCUT2D eigenvalue weighted by Crippen LogP contribution is -2.43. The van der Waals surface area contributed by atoms with Gasteiger partial charge in [0.2, 0.25) is 0 Å². The van der Waals surface area contributed by atoms with Crippen molar-refractivity contribution in [2.24, 2.45) is 11.8 Å². The molecule has 19 heavy (non-hydrogen) atoms. The van der Waals surface area contributed by atoms with Crippen molar-refractivity contribution in [1.82, 2.24) is 4.98 Å². The molecule has 0 aromatic carbocycles. The highest BCUT2D eigenvalue weighted by Gasteiger charge is 2.40. The predicted molar refractivity (Wildman–Crippen MR) is 78.4 cm³/mol. The van der Waals surface area contributed by atoms with E-state index in [-0.39, 0.29) is 0 Å². The van der Waals surface area contributed by atoms with E-state index in [1.807, 2.05) is 6.20 Å². The number of aromatic nitrogens is 1. The summed E-state index contributed by atoms with van der Waals surface area (Å²) in [6.07, 6.45) is 11.9. The number of nitrogens with zero attached hydrogens (tertiary/aromatic N) is 2. The molecule has 3 atom stereocenters.